The Morgan fingerprint density at radius 2 is 1.42 bits per heavy atom. The summed E-state index contributed by atoms with van der Waals surface area (Å²) in [5.74, 6) is 0. The number of halogens is 1. The minimum atomic E-state index is 0. The summed E-state index contributed by atoms with van der Waals surface area (Å²) < 4.78 is 0. The van der Waals surface area contributed by atoms with Crippen LogP contribution in [0.2, 0.25) is 0 Å². The van der Waals surface area contributed by atoms with E-state index in [1.165, 1.54) is 45.3 Å². The van der Waals surface area contributed by atoms with Crippen LogP contribution in [0.5, 0.6) is 0 Å². The van der Waals surface area contributed by atoms with Gasteiger partial charge in [-0.05, 0) is 26.1 Å². The van der Waals surface area contributed by atoms with Crippen molar-refractivity contribution in [1.82, 2.24) is 4.90 Å². The molecule has 76 valence electrons. The maximum Gasteiger partial charge on any atom is -0.00190 e. The van der Waals surface area contributed by atoms with E-state index in [-0.39, 0.29) is 12.4 Å². The van der Waals surface area contributed by atoms with Gasteiger partial charge in [0, 0.05) is 0 Å². The Morgan fingerprint density at radius 3 is 1.83 bits per heavy atom. The fourth-order valence-corrected chi connectivity index (χ4v) is 1.30. The zero-order valence-electron chi connectivity index (χ0n) is 8.81. The maximum absolute atomic E-state index is 2.50. The summed E-state index contributed by atoms with van der Waals surface area (Å²) in [6, 6.07) is 0. The molecule has 0 N–H and O–H groups in total. The normalized spacial score (nSPS) is 10.0. The molecule has 0 aliphatic carbocycles. The molecule has 12 heavy (non-hydrogen) atoms. The highest BCUT2D eigenvalue weighted by atomic mass is 35.5. The van der Waals surface area contributed by atoms with Gasteiger partial charge in [-0.3, -0.25) is 0 Å². The lowest BCUT2D eigenvalue weighted by atomic mass is 10.2. The molecule has 0 atom stereocenters. The predicted molar refractivity (Wildman–Crippen MR) is 59.2 cm³/mol. The van der Waals surface area contributed by atoms with Gasteiger partial charge in [0.2, 0.25) is 0 Å². The van der Waals surface area contributed by atoms with Gasteiger partial charge in [0.15, 0.2) is 0 Å². The van der Waals surface area contributed by atoms with E-state index >= 15 is 0 Å². The molecular weight excluding hydrogens is 170 g/mol. The van der Waals surface area contributed by atoms with Crippen LogP contribution in [-0.2, 0) is 0 Å². The summed E-state index contributed by atoms with van der Waals surface area (Å²) in [6.45, 7) is 10.5. The highest BCUT2D eigenvalue weighted by Gasteiger charge is 1.96. The Balaban J connectivity index is 0. The zero-order chi connectivity index (χ0) is 8.53. The molecule has 0 spiro atoms. The van der Waals surface area contributed by atoms with Crippen molar-refractivity contribution in [2.75, 3.05) is 19.6 Å². The SMILES string of the molecule is CCCCCCN(CC)CC.Cl. The standard InChI is InChI=1S/C10H23N.ClH/c1-4-7-8-9-10-11(5-2)6-3;/h4-10H2,1-3H3;1H. The minimum Gasteiger partial charge on any atom is -0.304 e. The van der Waals surface area contributed by atoms with E-state index in [4.69, 9.17) is 0 Å². The Morgan fingerprint density at radius 1 is 0.833 bits per heavy atom. The quantitative estimate of drug-likeness (QED) is 0.561. The van der Waals surface area contributed by atoms with Crippen molar-refractivity contribution in [2.24, 2.45) is 0 Å². The molecule has 0 saturated carbocycles. The molecule has 0 saturated heterocycles. The molecule has 0 aromatic carbocycles. The summed E-state index contributed by atoms with van der Waals surface area (Å²) in [5, 5.41) is 0. The summed E-state index contributed by atoms with van der Waals surface area (Å²) >= 11 is 0. The molecule has 0 heterocycles. The molecule has 0 aliphatic heterocycles. The minimum absolute atomic E-state index is 0. The molecule has 0 aromatic rings. The number of nitrogens with zero attached hydrogens (tertiary/aromatic N) is 1. The van der Waals surface area contributed by atoms with Crippen molar-refractivity contribution >= 4 is 12.4 Å². The summed E-state index contributed by atoms with van der Waals surface area (Å²) in [5.41, 5.74) is 0. The van der Waals surface area contributed by atoms with Crippen LogP contribution < -0.4 is 0 Å². The van der Waals surface area contributed by atoms with Gasteiger partial charge in [-0.2, -0.15) is 0 Å². The molecule has 0 aromatic heterocycles. The maximum atomic E-state index is 2.50. The first-order chi connectivity index (χ1) is 5.35. The van der Waals surface area contributed by atoms with E-state index in [0.717, 1.165) is 0 Å². The van der Waals surface area contributed by atoms with Crippen molar-refractivity contribution in [1.29, 1.82) is 0 Å². The topological polar surface area (TPSA) is 3.24 Å². The third-order valence-electron chi connectivity index (χ3n) is 2.22. The summed E-state index contributed by atoms with van der Waals surface area (Å²) in [6.07, 6.45) is 5.54. The van der Waals surface area contributed by atoms with Crippen LogP contribution in [-0.4, -0.2) is 24.5 Å². The van der Waals surface area contributed by atoms with Crippen molar-refractivity contribution < 1.29 is 0 Å². The van der Waals surface area contributed by atoms with E-state index in [0.29, 0.717) is 0 Å². The van der Waals surface area contributed by atoms with Crippen LogP contribution in [0, 0.1) is 0 Å². The van der Waals surface area contributed by atoms with Gasteiger partial charge < -0.3 is 4.90 Å². The Kier molecular flexibility index (Phi) is 13.8. The van der Waals surface area contributed by atoms with Crippen LogP contribution in [0.3, 0.4) is 0 Å². The fourth-order valence-electron chi connectivity index (χ4n) is 1.30. The van der Waals surface area contributed by atoms with E-state index in [1.54, 1.807) is 0 Å². The van der Waals surface area contributed by atoms with Gasteiger partial charge in [0.1, 0.15) is 0 Å². The number of rotatable bonds is 7. The van der Waals surface area contributed by atoms with Gasteiger partial charge in [0.05, 0.1) is 0 Å². The highest BCUT2D eigenvalue weighted by Crippen LogP contribution is 2.00. The molecule has 0 fully saturated rings. The van der Waals surface area contributed by atoms with Crippen molar-refractivity contribution in [3.05, 3.63) is 0 Å². The van der Waals surface area contributed by atoms with Gasteiger partial charge in [-0.25, -0.2) is 0 Å². The van der Waals surface area contributed by atoms with Crippen molar-refractivity contribution in [2.45, 2.75) is 46.5 Å². The van der Waals surface area contributed by atoms with E-state index in [1.807, 2.05) is 0 Å². The predicted octanol–water partition coefficient (Wildman–Crippen LogP) is 3.33. The van der Waals surface area contributed by atoms with Crippen LogP contribution in [0.4, 0.5) is 0 Å². The molecule has 0 amide bonds. The molecule has 0 rings (SSSR count). The second kappa shape index (κ2) is 11.2. The van der Waals surface area contributed by atoms with E-state index in [9.17, 15) is 0 Å². The first-order valence-corrected chi connectivity index (χ1v) is 5.07. The van der Waals surface area contributed by atoms with Gasteiger partial charge >= 0.3 is 0 Å². The molecular formula is C10H24ClN. The highest BCUT2D eigenvalue weighted by molar-refractivity contribution is 5.85. The van der Waals surface area contributed by atoms with Gasteiger partial charge in [-0.15, -0.1) is 12.4 Å². The van der Waals surface area contributed by atoms with Gasteiger partial charge in [0.25, 0.3) is 0 Å². The number of hydrogen-bond donors (Lipinski definition) is 0. The number of unbranched alkanes of at least 4 members (excludes halogenated alkanes) is 3. The molecule has 0 unspecified atom stereocenters. The second-order valence-corrected chi connectivity index (χ2v) is 3.09. The fraction of sp³-hybridized carbons (Fsp3) is 1.00. The average molecular weight is 194 g/mol. The van der Waals surface area contributed by atoms with E-state index < -0.39 is 0 Å². The smallest absolute Gasteiger partial charge is 0.00190 e. The first-order valence-electron chi connectivity index (χ1n) is 5.07. The summed E-state index contributed by atoms with van der Waals surface area (Å²) in [4.78, 5) is 2.50. The second-order valence-electron chi connectivity index (χ2n) is 3.09. The van der Waals surface area contributed by atoms with Gasteiger partial charge in [-0.1, -0.05) is 40.0 Å². The van der Waals surface area contributed by atoms with Crippen LogP contribution in [0.25, 0.3) is 0 Å². The molecule has 0 aliphatic rings. The monoisotopic (exact) mass is 193 g/mol. The zero-order valence-corrected chi connectivity index (χ0v) is 9.62. The molecule has 1 nitrogen and oxygen atoms in total. The van der Waals surface area contributed by atoms with E-state index in [2.05, 4.69) is 25.7 Å². The third kappa shape index (κ3) is 8.35. The molecule has 2 heteroatoms. The average Bonchev–Trinajstić information content (AvgIpc) is 2.05. The molecule has 0 bridgehead atoms. The Labute approximate surface area is 83.9 Å². The van der Waals surface area contributed by atoms with Crippen LogP contribution >= 0.6 is 12.4 Å². The summed E-state index contributed by atoms with van der Waals surface area (Å²) in [7, 11) is 0. The lowest BCUT2D eigenvalue weighted by Gasteiger charge is -2.17. The first kappa shape index (κ1) is 14.8. The lowest BCUT2D eigenvalue weighted by Crippen LogP contribution is -2.23. The van der Waals surface area contributed by atoms with Crippen molar-refractivity contribution in [3.63, 3.8) is 0 Å². The lowest BCUT2D eigenvalue weighted by molar-refractivity contribution is 0.295. The number of hydrogen-bond acceptors (Lipinski definition) is 1. The van der Waals surface area contributed by atoms with Crippen LogP contribution in [0.1, 0.15) is 46.5 Å². The van der Waals surface area contributed by atoms with Crippen LogP contribution in [0.15, 0.2) is 0 Å². The Bertz CT molecular complexity index is 72.2. The molecule has 0 radical (unpaired) electrons. The van der Waals surface area contributed by atoms with Crippen molar-refractivity contribution in [3.8, 4) is 0 Å². The third-order valence-corrected chi connectivity index (χ3v) is 2.22. The largest absolute Gasteiger partial charge is 0.304 e. The Hall–Kier alpha value is 0.250.